The highest BCUT2D eigenvalue weighted by atomic mass is 16.6. The Hall–Kier alpha value is -3.69. The van der Waals surface area contributed by atoms with Crippen molar-refractivity contribution in [1.29, 1.82) is 0 Å². The molecule has 0 spiro atoms. The minimum atomic E-state index is -0.534. The van der Waals surface area contributed by atoms with E-state index in [2.05, 4.69) is 15.2 Å². The number of ether oxygens (including phenoxy) is 1. The van der Waals surface area contributed by atoms with Crippen LogP contribution in [0.2, 0.25) is 0 Å². The van der Waals surface area contributed by atoms with Crippen molar-refractivity contribution in [2.24, 2.45) is 0 Å². The summed E-state index contributed by atoms with van der Waals surface area (Å²) in [6, 6.07) is 10.8. The lowest BCUT2D eigenvalue weighted by atomic mass is 10.1. The second kappa shape index (κ2) is 8.45. The fourth-order valence-electron chi connectivity index (χ4n) is 3.77. The number of nitrogens with zero attached hydrogens (tertiary/aromatic N) is 5. The summed E-state index contributed by atoms with van der Waals surface area (Å²) in [6.07, 6.45) is 2.34. The van der Waals surface area contributed by atoms with E-state index in [1.807, 2.05) is 49.6 Å². The Morgan fingerprint density at radius 3 is 2.53 bits per heavy atom. The zero-order chi connectivity index (χ0) is 22.9. The van der Waals surface area contributed by atoms with Crippen LogP contribution in [0.1, 0.15) is 33.6 Å². The molecule has 168 valence electrons. The lowest BCUT2D eigenvalue weighted by molar-refractivity contribution is -0.385. The predicted molar refractivity (Wildman–Crippen MR) is 120 cm³/mol. The Balaban J connectivity index is 1.56. The molecule has 0 saturated carbocycles. The predicted octanol–water partition coefficient (Wildman–Crippen LogP) is 3.82. The van der Waals surface area contributed by atoms with Crippen molar-refractivity contribution in [3.05, 3.63) is 52.7 Å². The SMILES string of the molecule is CC(C)(C)OC(=O)NC1CCN(c2nc3ccccc3n2-c2ccc([N+](=O)[O-])cn2)CC1. The zero-order valence-electron chi connectivity index (χ0n) is 18.3. The molecule has 1 aliphatic rings. The van der Waals surface area contributed by atoms with Crippen LogP contribution < -0.4 is 10.2 Å². The van der Waals surface area contributed by atoms with E-state index in [-0.39, 0.29) is 11.7 Å². The molecular weight excluding hydrogens is 412 g/mol. The summed E-state index contributed by atoms with van der Waals surface area (Å²) in [4.78, 5) is 33.9. The van der Waals surface area contributed by atoms with Gasteiger partial charge in [0.2, 0.25) is 5.95 Å². The van der Waals surface area contributed by atoms with E-state index in [4.69, 9.17) is 9.72 Å². The fourth-order valence-corrected chi connectivity index (χ4v) is 3.77. The van der Waals surface area contributed by atoms with Crippen molar-refractivity contribution in [2.75, 3.05) is 18.0 Å². The van der Waals surface area contributed by atoms with Crippen molar-refractivity contribution in [2.45, 2.75) is 45.3 Å². The number of amides is 1. The van der Waals surface area contributed by atoms with Gasteiger partial charge in [-0.2, -0.15) is 0 Å². The topological polar surface area (TPSA) is 115 Å². The highest BCUT2D eigenvalue weighted by molar-refractivity contribution is 5.81. The second-order valence-corrected chi connectivity index (χ2v) is 8.78. The third kappa shape index (κ3) is 4.63. The molecule has 2 aromatic heterocycles. The van der Waals surface area contributed by atoms with Gasteiger partial charge in [-0.15, -0.1) is 0 Å². The van der Waals surface area contributed by atoms with Gasteiger partial charge in [-0.05, 0) is 51.8 Å². The van der Waals surface area contributed by atoms with Crippen LogP contribution in [0, 0.1) is 10.1 Å². The Morgan fingerprint density at radius 2 is 1.91 bits per heavy atom. The fraction of sp³-hybridized carbons (Fsp3) is 0.409. The van der Waals surface area contributed by atoms with Crippen molar-refractivity contribution in [1.82, 2.24) is 19.9 Å². The highest BCUT2D eigenvalue weighted by Crippen LogP contribution is 2.29. The van der Waals surface area contributed by atoms with Crippen molar-refractivity contribution < 1.29 is 14.5 Å². The molecule has 1 saturated heterocycles. The third-order valence-corrected chi connectivity index (χ3v) is 5.21. The Labute approximate surface area is 185 Å². The smallest absolute Gasteiger partial charge is 0.407 e. The molecule has 10 nitrogen and oxygen atoms in total. The number of imidazole rings is 1. The molecule has 0 atom stereocenters. The molecule has 1 aliphatic heterocycles. The summed E-state index contributed by atoms with van der Waals surface area (Å²) >= 11 is 0. The first-order chi connectivity index (χ1) is 15.2. The third-order valence-electron chi connectivity index (χ3n) is 5.21. The molecule has 1 aromatic carbocycles. The number of rotatable bonds is 4. The van der Waals surface area contributed by atoms with E-state index in [1.165, 1.54) is 12.3 Å². The number of carbonyl (C=O) groups excluding carboxylic acids is 1. The average molecular weight is 438 g/mol. The monoisotopic (exact) mass is 438 g/mol. The number of anilines is 1. The van der Waals surface area contributed by atoms with Gasteiger partial charge in [0, 0.05) is 25.2 Å². The standard InChI is InChI=1S/C22H26N6O4/c1-22(2,3)32-21(29)24-15-10-12-26(13-11-15)20-25-17-6-4-5-7-18(17)27(20)19-9-8-16(14-23-19)28(30)31/h4-9,14-15H,10-13H2,1-3H3,(H,24,29). The number of aromatic nitrogens is 3. The number of hydrogen-bond donors (Lipinski definition) is 1. The number of benzene rings is 1. The minimum absolute atomic E-state index is 0.0245. The van der Waals surface area contributed by atoms with Crippen LogP contribution >= 0.6 is 0 Å². The first kappa shape index (κ1) is 21.5. The van der Waals surface area contributed by atoms with Gasteiger partial charge in [-0.25, -0.2) is 14.8 Å². The van der Waals surface area contributed by atoms with E-state index in [1.54, 1.807) is 6.07 Å². The van der Waals surface area contributed by atoms with E-state index < -0.39 is 16.6 Å². The molecule has 0 radical (unpaired) electrons. The van der Waals surface area contributed by atoms with Gasteiger partial charge in [0.25, 0.3) is 5.69 Å². The van der Waals surface area contributed by atoms with Gasteiger partial charge < -0.3 is 15.0 Å². The van der Waals surface area contributed by atoms with Crippen molar-refractivity contribution >= 4 is 28.8 Å². The van der Waals surface area contributed by atoms with Crippen LogP contribution in [0.5, 0.6) is 0 Å². The number of nitrogens with one attached hydrogen (secondary N) is 1. The van der Waals surface area contributed by atoms with Gasteiger partial charge in [0.05, 0.1) is 16.0 Å². The van der Waals surface area contributed by atoms with Crippen LogP contribution in [0.25, 0.3) is 16.9 Å². The number of hydrogen-bond acceptors (Lipinski definition) is 7. The van der Waals surface area contributed by atoms with Gasteiger partial charge in [0.1, 0.15) is 17.6 Å². The molecular formula is C22H26N6O4. The first-order valence-electron chi connectivity index (χ1n) is 10.5. The zero-order valence-corrected chi connectivity index (χ0v) is 18.3. The molecule has 1 amide bonds. The van der Waals surface area contributed by atoms with Crippen LogP contribution in [-0.4, -0.2) is 50.3 Å². The molecule has 0 aliphatic carbocycles. The Kier molecular flexibility index (Phi) is 5.68. The minimum Gasteiger partial charge on any atom is -0.444 e. The number of fused-ring (bicyclic) bond motifs is 1. The molecule has 0 unspecified atom stereocenters. The normalized spacial score (nSPS) is 15.0. The van der Waals surface area contributed by atoms with E-state index >= 15 is 0 Å². The Morgan fingerprint density at radius 1 is 1.19 bits per heavy atom. The summed E-state index contributed by atoms with van der Waals surface area (Å²) in [5.74, 6) is 1.29. The summed E-state index contributed by atoms with van der Waals surface area (Å²) in [5, 5.41) is 14.0. The molecule has 1 N–H and O–H groups in total. The quantitative estimate of drug-likeness (QED) is 0.486. The first-order valence-corrected chi connectivity index (χ1v) is 10.5. The largest absolute Gasteiger partial charge is 0.444 e. The molecule has 4 rings (SSSR count). The van der Waals surface area contributed by atoms with E-state index in [0.717, 1.165) is 29.8 Å². The van der Waals surface area contributed by atoms with Gasteiger partial charge in [-0.3, -0.25) is 14.7 Å². The number of piperidine rings is 1. The number of nitro groups is 1. The van der Waals surface area contributed by atoms with Gasteiger partial charge in [0.15, 0.2) is 0 Å². The molecule has 10 heteroatoms. The summed E-state index contributed by atoms with van der Waals surface area (Å²) < 4.78 is 7.28. The summed E-state index contributed by atoms with van der Waals surface area (Å²) in [7, 11) is 0. The maximum absolute atomic E-state index is 12.1. The number of alkyl carbamates (subject to hydrolysis) is 1. The van der Waals surface area contributed by atoms with Crippen molar-refractivity contribution in [3.8, 4) is 5.82 Å². The van der Waals surface area contributed by atoms with Crippen molar-refractivity contribution in [3.63, 3.8) is 0 Å². The number of carbonyl (C=O) groups is 1. The average Bonchev–Trinajstić information content (AvgIpc) is 3.12. The summed E-state index contributed by atoms with van der Waals surface area (Å²) in [6.45, 7) is 6.90. The van der Waals surface area contributed by atoms with E-state index in [0.29, 0.717) is 18.9 Å². The number of pyridine rings is 1. The maximum atomic E-state index is 12.1. The lowest BCUT2D eigenvalue weighted by Crippen LogP contribution is -2.46. The van der Waals surface area contributed by atoms with Gasteiger partial charge >= 0.3 is 6.09 Å². The molecule has 3 heterocycles. The van der Waals surface area contributed by atoms with Crippen LogP contribution in [0.4, 0.5) is 16.4 Å². The maximum Gasteiger partial charge on any atom is 0.407 e. The molecule has 3 aromatic rings. The van der Waals surface area contributed by atoms with E-state index in [9.17, 15) is 14.9 Å². The molecule has 0 bridgehead atoms. The van der Waals surface area contributed by atoms with Crippen LogP contribution in [-0.2, 0) is 4.74 Å². The molecule has 32 heavy (non-hydrogen) atoms. The lowest BCUT2D eigenvalue weighted by Gasteiger charge is -2.33. The number of para-hydroxylation sites is 2. The van der Waals surface area contributed by atoms with Crippen LogP contribution in [0.15, 0.2) is 42.6 Å². The second-order valence-electron chi connectivity index (χ2n) is 8.78. The summed E-state index contributed by atoms with van der Waals surface area (Å²) in [5.41, 5.74) is 1.09. The Bertz CT molecular complexity index is 1130. The van der Waals surface area contributed by atoms with Gasteiger partial charge in [-0.1, -0.05) is 12.1 Å². The van der Waals surface area contributed by atoms with Crippen LogP contribution in [0.3, 0.4) is 0 Å². The molecule has 1 fully saturated rings. The highest BCUT2D eigenvalue weighted by Gasteiger charge is 2.27.